The van der Waals surface area contributed by atoms with Gasteiger partial charge in [-0.3, -0.25) is 10.1 Å². The van der Waals surface area contributed by atoms with Crippen molar-refractivity contribution < 1.29 is 13.9 Å². The molecule has 0 radical (unpaired) electrons. The largest absolute Gasteiger partial charge is 0.497 e. The van der Waals surface area contributed by atoms with Crippen molar-refractivity contribution in [2.45, 2.75) is 6.04 Å². The molecule has 1 aliphatic heterocycles. The Morgan fingerprint density at radius 1 is 1.06 bits per heavy atom. The Morgan fingerprint density at radius 3 is 2.44 bits per heavy atom. The molecule has 2 heterocycles. The van der Waals surface area contributed by atoms with Crippen molar-refractivity contribution in [3.8, 4) is 5.75 Å². The normalized spacial score (nSPS) is 14.6. The predicted molar refractivity (Wildman–Crippen MR) is 129 cm³/mol. The first-order valence-corrected chi connectivity index (χ1v) is 10.8. The monoisotopic (exact) mass is 475 g/mol. The van der Waals surface area contributed by atoms with Crippen LogP contribution in [-0.2, 0) is 0 Å². The summed E-state index contributed by atoms with van der Waals surface area (Å²) >= 11 is 6.04. The summed E-state index contributed by atoms with van der Waals surface area (Å²) in [5, 5.41) is 11.1. The van der Waals surface area contributed by atoms with E-state index in [0.29, 0.717) is 22.3 Å². The molecule has 0 saturated heterocycles. The number of nitrogens with zero attached hydrogens (tertiary/aromatic N) is 3. The second-order valence-electron chi connectivity index (χ2n) is 7.59. The number of fused-ring (bicyclic) bond motifs is 1. The molecule has 2 N–H and O–H groups in total. The highest BCUT2D eigenvalue weighted by Crippen LogP contribution is 2.33. The third kappa shape index (κ3) is 4.35. The summed E-state index contributed by atoms with van der Waals surface area (Å²) in [7, 11) is 1.56. The number of nitrogens with one attached hydrogen (secondary N) is 2. The van der Waals surface area contributed by atoms with Crippen molar-refractivity contribution in [1.82, 2.24) is 14.8 Å². The zero-order chi connectivity index (χ0) is 23.7. The van der Waals surface area contributed by atoms with Gasteiger partial charge < -0.3 is 10.1 Å². The minimum atomic E-state index is -0.373. The molecule has 0 fully saturated rings. The van der Waals surface area contributed by atoms with Crippen molar-refractivity contribution in [3.63, 3.8) is 0 Å². The molecule has 1 aromatic heterocycles. The number of methoxy groups -OCH3 is 1. The molecule has 5 rings (SSSR count). The van der Waals surface area contributed by atoms with Crippen LogP contribution in [0.4, 0.5) is 16.3 Å². The number of anilines is 2. The van der Waals surface area contributed by atoms with Crippen LogP contribution in [-0.4, -0.2) is 27.8 Å². The van der Waals surface area contributed by atoms with Crippen molar-refractivity contribution in [2.75, 3.05) is 17.7 Å². The summed E-state index contributed by atoms with van der Waals surface area (Å²) in [6.45, 7) is 0. The predicted octanol–water partition coefficient (Wildman–Crippen LogP) is 5.39. The second kappa shape index (κ2) is 8.99. The molecule has 4 aromatic rings. The van der Waals surface area contributed by atoms with Gasteiger partial charge in [-0.15, -0.1) is 5.10 Å². The fourth-order valence-corrected chi connectivity index (χ4v) is 3.78. The number of hydrogen-bond donors (Lipinski definition) is 2. The Morgan fingerprint density at radius 2 is 1.76 bits per heavy atom. The number of allylic oxidation sites excluding steroid dienone is 1. The third-order valence-corrected chi connectivity index (χ3v) is 5.66. The maximum absolute atomic E-state index is 13.6. The van der Waals surface area contributed by atoms with Crippen LogP contribution in [0.15, 0.2) is 78.9 Å². The maximum Gasteiger partial charge on any atom is 0.258 e. The number of aromatic nitrogens is 3. The minimum absolute atomic E-state index is 0.140. The number of amides is 1. The molecule has 170 valence electrons. The van der Waals surface area contributed by atoms with E-state index in [1.165, 1.54) is 12.1 Å². The molecule has 7 nitrogen and oxygen atoms in total. The van der Waals surface area contributed by atoms with Crippen molar-refractivity contribution >= 4 is 35.1 Å². The fraction of sp³-hybridized carbons (Fsp3) is 0.0800. The van der Waals surface area contributed by atoms with Crippen molar-refractivity contribution in [3.05, 3.63) is 106 Å². The van der Waals surface area contributed by atoms with E-state index in [0.717, 1.165) is 16.8 Å². The number of carbonyl (C=O) groups is 1. The fourth-order valence-electron chi connectivity index (χ4n) is 3.66. The van der Waals surface area contributed by atoms with Gasteiger partial charge in [-0.25, -0.2) is 9.07 Å². The third-order valence-electron chi connectivity index (χ3n) is 5.41. The Hall–Kier alpha value is -4.17. The van der Waals surface area contributed by atoms with Crippen LogP contribution in [0.25, 0.3) is 5.70 Å². The number of hydrogen-bond acceptors (Lipinski definition) is 5. The molecule has 1 aliphatic rings. The van der Waals surface area contributed by atoms with E-state index in [4.69, 9.17) is 16.3 Å². The Kier molecular flexibility index (Phi) is 5.73. The van der Waals surface area contributed by atoms with E-state index in [2.05, 4.69) is 20.7 Å². The molecule has 34 heavy (non-hydrogen) atoms. The average Bonchev–Trinajstić information content (AvgIpc) is 3.27. The molecule has 0 aliphatic carbocycles. The second-order valence-corrected chi connectivity index (χ2v) is 8.03. The van der Waals surface area contributed by atoms with Gasteiger partial charge in [-0.05, 0) is 65.7 Å². The number of benzene rings is 3. The summed E-state index contributed by atoms with van der Waals surface area (Å²) in [4.78, 5) is 17.2. The molecule has 0 bridgehead atoms. The molecule has 3 aromatic carbocycles. The van der Waals surface area contributed by atoms with Crippen molar-refractivity contribution in [2.24, 2.45) is 0 Å². The molecule has 0 saturated carbocycles. The maximum atomic E-state index is 13.6. The summed E-state index contributed by atoms with van der Waals surface area (Å²) in [5.41, 5.74) is 2.94. The zero-order valence-corrected chi connectivity index (χ0v) is 18.8. The smallest absolute Gasteiger partial charge is 0.258 e. The first-order chi connectivity index (χ1) is 16.5. The lowest BCUT2D eigenvalue weighted by Gasteiger charge is -2.24. The SMILES string of the molecule is COc1ccc(C(=O)Nc2nc3n(n2)C(c2ccc(F)cc2)C=C(c2ccc(Cl)cc2)N3)cc1. The number of ether oxygens (including phenoxy) is 1. The highest BCUT2D eigenvalue weighted by molar-refractivity contribution is 6.30. The summed E-state index contributed by atoms with van der Waals surface area (Å²) in [6.07, 6.45) is 1.97. The van der Waals surface area contributed by atoms with Crippen LogP contribution < -0.4 is 15.4 Å². The zero-order valence-electron chi connectivity index (χ0n) is 18.0. The van der Waals surface area contributed by atoms with Crippen LogP contribution in [0.2, 0.25) is 5.02 Å². The van der Waals surface area contributed by atoms with Gasteiger partial charge in [-0.2, -0.15) is 4.98 Å². The number of rotatable bonds is 5. The average molecular weight is 476 g/mol. The molecule has 9 heteroatoms. The highest BCUT2D eigenvalue weighted by Gasteiger charge is 2.26. The van der Waals surface area contributed by atoms with Gasteiger partial charge >= 0.3 is 0 Å². The number of halogens is 2. The lowest BCUT2D eigenvalue weighted by Crippen LogP contribution is -2.20. The summed E-state index contributed by atoms with van der Waals surface area (Å²) < 4.78 is 20.3. The van der Waals surface area contributed by atoms with E-state index < -0.39 is 0 Å². The van der Waals surface area contributed by atoms with Crippen molar-refractivity contribution in [1.29, 1.82) is 0 Å². The topological polar surface area (TPSA) is 81.1 Å². The van der Waals surface area contributed by atoms with Gasteiger partial charge in [0.2, 0.25) is 5.95 Å². The molecular formula is C25H19ClFN5O2. The van der Waals surface area contributed by atoms with Crippen LogP contribution in [0, 0.1) is 5.82 Å². The van der Waals surface area contributed by atoms with E-state index in [9.17, 15) is 9.18 Å². The Balaban J connectivity index is 1.48. The first-order valence-electron chi connectivity index (χ1n) is 10.4. The summed E-state index contributed by atoms with van der Waals surface area (Å²) in [6, 6.07) is 19.9. The molecule has 1 amide bonds. The highest BCUT2D eigenvalue weighted by atomic mass is 35.5. The van der Waals surface area contributed by atoms with Gasteiger partial charge in [0.1, 0.15) is 17.6 Å². The quantitative estimate of drug-likeness (QED) is 0.404. The van der Waals surface area contributed by atoms with Crippen LogP contribution in [0.1, 0.15) is 27.5 Å². The van der Waals surface area contributed by atoms with E-state index in [1.54, 1.807) is 60.3 Å². The van der Waals surface area contributed by atoms with Gasteiger partial charge in [0.25, 0.3) is 11.9 Å². The van der Waals surface area contributed by atoms with Gasteiger partial charge in [0.15, 0.2) is 0 Å². The first kappa shape index (κ1) is 21.7. The molecular weight excluding hydrogens is 457 g/mol. The molecule has 1 unspecified atom stereocenters. The van der Waals surface area contributed by atoms with E-state index in [-0.39, 0.29) is 23.7 Å². The van der Waals surface area contributed by atoms with Crippen LogP contribution in [0.3, 0.4) is 0 Å². The van der Waals surface area contributed by atoms with Gasteiger partial charge in [0, 0.05) is 16.3 Å². The number of carbonyl (C=O) groups excluding carboxylic acids is 1. The standard InChI is InChI=1S/C25H19ClFN5O2/c1-34-20-12-6-17(7-13-20)23(33)29-24-30-25-28-21(15-2-8-18(26)9-3-15)14-22(32(25)31-24)16-4-10-19(27)11-5-16/h2-14,22H,1H3,(H2,28,29,30,31,33). The lowest BCUT2D eigenvalue weighted by molar-refractivity contribution is 0.102. The Bertz CT molecular complexity index is 1370. The van der Waals surface area contributed by atoms with Gasteiger partial charge in [0.05, 0.1) is 7.11 Å². The minimum Gasteiger partial charge on any atom is -0.497 e. The van der Waals surface area contributed by atoms with E-state index in [1.807, 2.05) is 18.2 Å². The summed E-state index contributed by atoms with van der Waals surface area (Å²) in [5.74, 6) is 0.549. The van der Waals surface area contributed by atoms with E-state index >= 15 is 0 Å². The Labute approximate surface area is 199 Å². The molecule has 0 spiro atoms. The molecule has 1 atom stereocenters. The van der Waals surface area contributed by atoms with Crippen LogP contribution >= 0.6 is 11.6 Å². The van der Waals surface area contributed by atoms with Crippen LogP contribution in [0.5, 0.6) is 5.75 Å². The lowest BCUT2D eigenvalue weighted by atomic mass is 10.0. The van der Waals surface area contributed by atoms with Gasteiger partial charge in [-0.1, -0.05) is 35.9 Å².